The van der Waals surface area contributed by atoms with Gasteiger partial charge in [-0.05, 0) is 38.3 Å². The zero-order valence-electron chi connectivity index (χ0n) is 13.2. The molecule has 2 heterocycles. The number of nitrogens with zero attached hydrogens (tertiary/aromatic N) is 1. The summed E-state index contributed by atoms with van der Waals surface area (Å²) in [5, 5.41) is 13.1. The molecule has 0 radical (unpaired) electrons. The van der Waals surface area contributed by atoms with E-state index in [2.05, 4.69) is 5.32 Å². The first kappa shape index (κ1) is 16.5. The van der Waals surface area contributed by atoms with Gasteiger partial charge in [-0.1, -0.05) is 6.92 Å². The molecule has 1 saturated heterocycles. The van der Waals surface area contributed by atoms with Gasteiger partial charge in [0.05, 0.1) is 12.8 Å². The lowest BCUT2D eigenvalue weighted by Crippen LogP contribution is -2.48. The number of nitrogens with one attached hydrogen (secondary N) is 1. The highest BCUT2D eigenvalue weighted by Crippen LogP contribution is 2.22. The average Bonchev–Trinajstić information content (AvgIpc) is 3.15. The summed E-state index contributed by atoms with van der Waals surface area (Å²) >= 11 is 0. The molecule has 6 nitrogen and oxygen atoms in total. The van der Waals surface area contributed by atoms with Crippen LogP contribution in [0.25, 0.3) is 0 Å². The van der Waals surface area contributed by atoms with E-state index < -0.39 is 11.6 Å². The predicted octanol–water partition coefficient (Wildman–Crippen LogP) is 1.39. The Hall–Kier alpha value is -1.82. The van der Waals surface area contributed by atoms with Crippen LogP contribution in [-0.4, -0.2) is 41.0 Å². The van der Waals surface area contributed by atoms with E-state index >= 15 is 0 Å². The number of rotatable bonds is 6. The molecule has 2 rings (SSSR count). The highest BCUT2D eigenvalue weighted by Gasteiger charge is 2.35. The Morgan fingerprint density at radius 3 is 2.95 bits per heavy atom. The molecule has 0 spiro atoms. The Bertz CT molecular complexity index is 510. The molecule has 2 amide bonds. The van der Waals surface area contributed by atoms with E-state index in [-0.39, 0.29) is 18.4 Å². The smallest absolute Gasteiger partial charge is 0.242 e. The molecule has 0 bridgehead atoms. The van der Waals surface area contributed by atoms with Crippen molar-refractivity contribution >= 4 is 11.8 Å². The molecule has 1 aromatic rings. The summed E-state index contributed by atoms with van der Waals surface area (Å²) in [6.07, 6.45) is 4.23. The molecular weight excluding hydrogens is 284 g/mol. The first-order chi connectivity index (χ1) is 10.5. The van der Waals surface area contributed by atoms with Crippen LogP contribution in [0.5, 0.6) is 0 Å². The molecule has 22 heavy (non-hydrogen) atoms. The maximum Gasteiger partial charge on any atom is 0.242 e. The summed E-state index contributed by atoms with van der Waals surface area (Å²) in [5.41, 5.74) is -1.27. The van der Waals surface area contributed by atoms with Crippen molar-refractivity contribution in [2.45, 2.75) is 51.2 Å². The first-order valence-electron chi connectivity index (χ1n) is 7.79. The molecule has 0 saturated carbocycles. The van der Waals surface area contributed by atoms with Crippen LogP contribution in [0.15, 0.2) is 22.8 Å². The number of hydrogen-bond donors (Lipinski definition) is 2. The van der Waals surface area contributed by atoms with E-state index in [0.29, 0.717) is 25.1 Å². The molecule has 1 aliphatic rings. The highest BCUT2D eigenvalue weighted by molar-refractivity contribution is 5.88. The van der Waals surface area contributed by atoms with Crippen LogP contribution in [0, 0.1) is 0 Å². The summed E-state index contributed by atoms with van der Waals surface area (Å²) in [5.74, 6) is 0.213. The van der Waals surface area contributed by atoms with E-state index in [1.807, 2.05) is 6.92 Å². The maximum atomic E-state index is 12.3. The Morgan fingerprint density at radius 2 is 2.32 bits per heavy atom. The van der Waals surface area contributed by atoms with Gasteiger partial charge >= 0.3 is 0 Å². The number of hydrogen-bond acceptors (Lipinski definition) is 4. The standard InChI is InChI=1S/C16H24N2O4/c1-3-6-14(19)18-9-4-7-12(18)15(20)17-11-16(2,21)13-8-5-10-22-13/h5,8,10,12,21H,3-4,6-7,9,11H2,1-2H3,(H,17,20). The summed E-state index contributed by atoms with van der Waals surface area (Å²) in [6, 6.07) is 2.93. The highest BCUT2D eigenvalue weighted by atomic mass is 16.4. The van der Waals surface area contributed by atoms with Gasteiger partial charge in [0, 0.05) is 13.0 Å². The second kappa shape index (κ2) is 6.96. The number of carbonyl (C=O) groups is 2. The van der Waals surface area contributed by atoms with E-state index in [9.17, 15) is 14.7 Å². The Kier molecular flexibility index (Phi) is 5.24. The molecule has 0 aliphatic carbocycles. The molecule has 122 valence electrons. The third-order valence-electron chi connectivity index (χ3n) is 4.00. The molecule has 1 aliphatic heterocycles. The van der Waals surface area contributed by atoms with Crippen molar-refractivity contribution in [1.82, 2.24) is 10.2 Å². The summed E-state index contributed by atoms with van der Waals surface area (Å²) in [4.78, 5) is 26.0. The minimum atomic E-state index is -1.27. The lowest BCUT2D eigenvalue weighted by molar-refractivity contribution is -0.138. The van der Waals surface area contributed by atoms with Gasteiger partial charge in [0.25, 0.3) is 0 Å². The van der Waals surface area contributed by atoms with Crippen molar-refractivity contribution in [3.8, 4) is 0 Å². The fraction of sp³-hybridized carbons (Fsp3) is 0.625. The van der Waals surface area contributed by atoms with Gasteiger partial charge in [0.2, 0.25) is 11.8 Å². The molecule has 2 atom stereocenters. The molecule has 0 aromatic carbocycles. The van der Waals surface area contributed by atoms with Crippen molar-refractivity contribution < 1.29 is 19.1 Å². The van der Waals surface area contributed by atoms with Gasteiger partial charge in [-0.25, -0.2) is 0 Å². The quantitative estimate of drug-likeness (QED) is 0.832. The van der Waals surface area contributed by atoms with Crippen LogP contribution in [0.1, 0.15) is 45.3 Å². The molecule has 1 fully saturated rings. The SMILES string of the molecule is CCCC(=O)N1CCCC1C(=O)NCC(C)(O)c1ccco1. The fourth-order valence-electron chi connectivity index (χ4n) is 2.74. The number of aliphatic hydroxyl groups is 1. The van der Waals surface area contributed by atoms with Crippen LogP contribution in [0.2, 0.25) is 0 Å². The minimum Gasteiger partial charge on any atom is -0.466 e. The Balaban J connectivity index is 1.93. The van der Waals surface area contributed by atoms with Crippen LogP contribution >= 0.6 is 0 Å². The van der Waals surface area contributed by atoms with E-state index in [1.165, 1.54) is 6.26 Å². The second-order valence-corrected chi connectivity index (χ2v) is 5.96. The second-order valence-electron chi connectivity index (χ2n) is 5.96. The Labute approximate surface area is 130 Å². The van der Waals surface area contributed by atoms with Gasteiger partial charge in [0.15, 0.2) is 0 Å². The molecule has 1 aromatic heterocycles. The maximum absolute atomic E-state index is 12.3. The zero-order chi connectivity index (χ0) is 16.2. The molecule has 2 N–H and O–H groups in total. The normalized spacial score (nSPS) is 20.7. The largest absolute Gasteiger partial charge is 0.466 e. The van der Waals surface area contributed by atoms with Gasteiger partial charge in [-0.3, -0.25) is 9.59 Å². The van der Waals surface area contributed by atoms with Gasteiger partial charge in [-0.15, -0.1) is 0 Å². The van der Waals surface area contributed by atoms with Crippen LogP contribution < -0.4 is 5.32 Å². The predicted molar refractivity (Wildman–Crippen MR) is 80.9 cm³/mol. The number of carbonyl (C=O) groups excluding carboxylic acids is 2. The number of amides is 2. The van der Waals surface area contributed by atoms with Gasteiger partial charge in [0.1, 0.15) is 17.4 Å². The first-order valence-corrected chi connectivity index (χ1v) is 7.79. The van der Waals surface area contributed by atoms with Crippen molar-refractivity contribution in [3.05, 3.63) is 24.2 Å². The third kappa shape index (κ3) is 3.68. The molecular formula is C16H24N2O4. The van der Waals surface area contributed by atoms with Crippen LogP contribution in [0.4, 0.5) is 0 Å². The van der Waals surface area contributed by atoms with Gasteiger partial charge < -0.3 is 19.7 Å². The van der Waals surface area contributed by atoms with Crippen LogP contribution in [0.3, 0.4) is 0 Å². The Morgan fingerprint density at radius 1 is 1.55 bits per heavy atom. The zero-order valence-corrected chi connectivity index (χ0v) is 13.2. The lowest BCUT2D eigenvalue weighted by atomic mass is 10.0. The van der Waals surface area contributed by atoms with E-state index in [4.69, 9.17) is 4.42 Å². The van der Waals surface area contributed by atoms with Crippen molar-refractivity contribution in [2.24, 2.45) is 0 Å². The average molecular weight is 308 g/mol. The number of likely N-dealkylation sites (tertiary alicyclic amines) is 1. The van der Waals surface area contributed by atoms with E-state index in [1.54, 1.807) is 24.0 Å². The van der Waals surface area contributed by atoms with Crippen molar-refractivity contribution in [1.29, 1.82) is 0 Å². The lowest BCUT2D eigenvalue weighted by Gasteiger charge is -2.26. The summed E-state index contributed by atoms with van der Waals surface area (Å²) in [7, 11) is 0. The van der Waals surface area contributed by atoms with Crippen molar-refractivity contribution in [2.75, 3.05) is 13.1 Å². The van der Waals surface area contributed by atoms with Crippen LogP contribution in [-0.2, 0) is 15.2 Å². The topological polar surface area (TPSA) is 82.8 Å². The summed E-state index contributed by atoms with van der Waals surface area (Å²) in [6.45, 7) is 4.21. The fourth-order valence-corrected chi connectivity index (χ4v) is 2.74. The molecule has 6 heteroatoms. The van der Waals surface area contributed by atoms with Crippen molar-refractivity contribution in [3.63, 3.8) is 0 Å². The summed E-state index contributed by atoms with van der Waals surface area (Å²) < 4.78 is 5.18. The molecule has 2 unspecified atom stereocenters. The van der Waals surface area contributed by atoms with Gasteiger partial charge in [-0.2, -0.15) is 0 Å². The van der Waals surface area contributed by atoms with E-state index in [0.717, 1.165) is 12.8 Å². The monoisotopic (exact) mass is 308 g/mol. The minimum absolute atomic E-state index is 0.0259. The third-order valence-corrected chi connectivity index (χ3v) is 4.00. The number of furan rings is 1.